The Labute approximate surface area is 198 Å². The molecule has 8 heteroatoms. The van der Waals surface area contributed by atoms with Gasteiger partial charge < -0.3 is 24.8 Å². The lowest BCUT2D eigenvalue weighted by Crippen LogP contribution is -2.51. The zero-order chi connectivity index (χ0) is 24.2. The average molecular weight is 467 g/mol. The zero-order valence-electron chi connectivity index (χ0n) is 19.4. The summed E-state index contributed by atoms with van der Waals surface area (Å²) < 4.78 is 11.2. The highest BCUT2D eigenvalue weighted by molar-refractivity contribution is 5.86. The lowest BCUT2D eigenvalue weighted by molar-refractivity contribution is -0.150. The predicted octanol–water partition coefficient (Wildman–Crippen LogP) is 3.25. The Hall–Kier alpha value is -3.39. The molecule has 0 radical (unpaired) electrons. The fourth-order valence-corrected chi connectivity index (χ4v) is 4.79. The van der Waals surface area contributed by atoms with Gasteiger partial charge >= 0.3 is 12.1 Å². The summed E-state index contributed by atoms with van der Waals surface area (Å²) in [5, 5.41) is 12.0. The third kappa shape index (κ3) is 5.07. The molecule has 2 aliphatic rings. The lowest BCUT2D eigenvalue weighted by Gasteiger charge is -2.28. The molecule has 0 bridgehead atoms. The predicted molar refractivity (Wildman–Crippen MR) is 125 cm³/mol. The quantitative estimate of drug-likeness (QED) is 0.619. The van der Waals surface area contributed by atoms with Crippen LogP contribution in [0.1, 0.15) is 37.3 Å². The van der Waals surface area contributed by atoms with Crippen LogP contribution in [0.25, 0.3) is 11.1 Å². The van der Waals surface area contributed by atoms with E-state index in [1.54, 1.807) is 0 Å². The number of fused-ring (bicyclic) bond motifs is 3. The molecule has 1 fully saturated rings. The Morgan fingerprint density at radius 2 is 1.71 bits per heavy atom. The van der Waals surface area contributed by atoms with Crippen LogP contribution >= 0.6 is 0 Å². The number of carbonyl (C=O) groups is 3. The number of carboxylic acids is 1. The minimum atomic E-state index is -1.09. The highest BCUT2D eigenvalue weighted by atomic mass is 16.6. The minimum Gasteiger partial charge on any atom is -0.480 e. The first-order chi connectivity index (χ1) is 16.3. The average Bonchev–Trinajstić information content (AvgIpc) is 3.38. The number of alkyl carbamates (subject to hydrolysis) is 1. The molecule has 0 saturated carbocycles. The van der Waals surface area contributed by atoms with E-state index in [1.165, 1.54) is 4.90 Å². The topological polar surface area (TPSA) is 105 Å². The third-order valence-corrected chi connectivity index (χ3v) is 6.21. The molecule has 2 N–H and O–H groups in total. The van der Waals surface area contributed by atoms with Crippen molar-refractivity contribution in [3.8, 4) is 11.1 Å². The van der Waals surface area contributed by atoms with E-state index >= 15 is 0 Å². The van der Waals surface area contributed by atoms with Gasteiger partial charge in [0.25, 0.3) is 5.91 Å². The van der Waals surface area contributed by atoms with Crippen LogP contribution in [-0.2, 0) is 19.1 Å². The largest absolute Gasteiger partial charge is 0.480 e. The molecule has 180 valence electrons. The van der Waals surface area contributed by atoms with Crippen molar-refractivity contribution in [1.82, 2.24) is 10.2 Å². The molecule has 34 heavy (non-hydrogen) atoms. The summed E-state index contributed by atoms with van der Waals surface area (Å²) in [7, 11) is 0. The molecule has 2 amide bonds. The molecular weight excluding hydrogens is 436 g/mol. The van der Waals surface area contributed by atoms with Crippen molar-refractivity contribution in [2.24, 2.45) is 5.92 Å². The normalized spacial score (nSPS) is 18.9. The fourth-order valence-electron chi connectivity index (χ4n) is 4.79. The van der Waals surface area contributed by atoms with Crippen molar-refractivity contribution in [2.75, 3.05) is 26.3 Å². The molecule has 8 nitrogen and oxygen atoms in total. The molecule has 2 aromatic carbocycles. The minimum absolute atomic E-state index is 0.0625. The summed E-state index contributed by atoms with van der Waals surface area (Å²) in [6.07, 6.45) is -1.11. The second-order valence-corrected chi connectivity index (χ2v) is 9.16. The van der Waals surface area contributed by atoms with Gasteiger partial charge in [-0.15, -0.1) is 0 Å². The highest BCUT2D eigenvalue weighted by Crippen LogP contribution is 2.44. The first kappa shape index (κ1) is 23.8. The van der Waals surface area contributed by atoms with Gasteiger partial charge in [0.2, 0.25) is 0 Å². The monoisotopic (exact) mass is 466 g/mol. The van der Waals surface area contributed by atoms with Gasteiger partial charge in [0.15, 0.2) is 6.10 Å². The Morgan fingerprint density at radius 1 is 1.09 bits per heavy atom. The Balaban J connectivity index is 1.39. The van der Waals surface area contributed by atoms with Crippen LogP contribution in [0, 0.1) is 5.92 Å². The molecule has 0 aromatic heterocycles. The number of carbonyl (C=O) groups excluding carboxylic acids is 2. The standard InChI is InChI=1S/C26H30N2O6/c1-16(2)13-28(14-23(29)30)25(31)24-22(11-12-33-24)27-26(32)34-15-21-19-9-5-3-7-17(19)18-8-4-6-10-20(18)21/h3-10,16,21-22,24H,11-15H2,1-2H3,(H,27,32)(H,29,30)/t22-,24+/m1/s1. The van der Waals surface area contributed by atoms with Gasteiger partial charge in [0.1, 0.15) is 13.2 Å². The highest BCUT2D eigenvalue weighted by Gasteiger charge is 2.39. The molecule has 0 spiro atoms. The molecular formula is C26H30N2O6. The molecule has 1 saturated heterocycles. The van der Waals surface area contributed by atoms with Crippen molar-refractivity contribution >= 4 is 18.0 Å². The fraction of sp³-hybridized carbons (Fsp3) is 0.423. The van der Waals surface area contributed by atoms with E-state index in [2.05, 4.69) is 17.4 Å². The van der Waals surface area contributed by atoms with Crippen molar-refractivity contribution in [2.45, 2.75) is 38.3 Å². The first-order valence-electron chi connectivity index (χ1n) is 11.6. The molecule has 1 aliphatic carbocycles. The van der Waals surface area contributed by atoms with Gasteiger partial charge in [-0.2, -0.15) is 0 Å². The number of hydrogen-bond acceptors (Lipinski definition) is 5. The number of aliphatic carboxylic acids is 1. The smallest absolute Gasteiger partial charge is 0.407 e. The molecule has 2 aromatic rings. The zero-order valence-corrected chi connectivity index (χ0v) is 19.4. The number of rotatable bonds is 8. The number of benzene rings is 2. The second-order valence-electron chi connectivity index (χ2n) is 9.16. The maximum Gasteiger partial charge on any atom is 0.407 e. The van der Waals surface area contributed by atoms with E-state index in [0.717, 1.165) is 22.3 Å². The second kappa shape index (κ2) is 10.3. The van der Waals surface area contributed by atoms with E-state index < -0.39 is 36.7 Å². The van der Waals surface area contributed by atoms with Crippen LogP contribution in [0.5, 0.6) is 0 Å². The van der Waals surface area contributed by atoms with E-state index in [0.29, 0.717) is 19.6 Å². The Bertz CT molecular complexity index is 1020. The lowest BCUT2D eigenvalue weighted by atomic mass is 9.98. The van der Waals surface area contributed by atoms with Crippen LogP contribution in [-0.4, -0.2) is 66.4 Å². The molecule has 1 aliphatic heterocycles. The maximum absolute atomic E-state index is 13.0. The SMILES string of the molecule is CC(C)CN(CC(=O)O)C(=O)[C@H]1OCC[C@H]1NC(=O)OCC1c2ccccc2-c2ccccc21. The Kier molecular flexibility index (Phi) is 7.17. The third-order valence-electron chi connectivity index (χ3n) is 6.21. The molecule has 1 heterocycles. The van der Waals surface area contributed by atoms with Crippen LogP contribution < -0.4 is 5.32 Å². The van der Waals surface area contributed by atoms with E-state index in [-0.39, 0.29) is 18.4 Å². The molecule has 4 rings (SSSR count). The molecule has 2 atom stereocenters. The Morgan fingerprint density at radius 3 is 2.29 bits per heavy atom. The summed E-state index contributed by atoms with van der Waals surface area (Å²) in [6, 6.07) is 15.6. The van der Waals surface area contributed by atoms with Crippen molar-refractivity contribution in [1.29, 1.82) is 0 Å². The van der Waals surface area contributed by atoms with Gasteiger partial charge in [0, 0.05) is 19.1 Å². The molecule has 0 unspecified atom stereocenters. The van der Waals surface area contributed by atoms with Crippen molar-refractivity contribution < 1.29 is 29.0 Å². The number of nitrogens with one attached hydrogen (secondary N) is 1. The number of carboxylic acid groups (broad SMARTS) is 1. The van der Waals surface area contributed by atoms with Gasteiger partial charge in [-0.25, -0.2) is 4.79 Å². The van der Waals surface area contributed by atoms with Crippen molar-refractivity contribution in [3.05, 3.63) is 59.7 Å². The van der Waals surface area contributed by atoms with Crippen LogP contribution in [0.15, 0.2) is 48.5 Å². The van der Waals surface area contributed by atoms with Gasteiger partial charge in [-0.05, 0) is 34.6 Å². The van der Waals surface area contributed by atoms with E-state index in [4.69, 9.17) is 9.47 Å². The number of amides is 2. The number of ether oxygens (including phenoxy) is 2. The summed E-state index contributed by atoms with van der Waals surface area (Å²) in [5.41, 5.74) is 4.52. The van der Waals surface area contributed by atoms with Gasteiger partial charge in [-0.3, -0.25) is 9.59 Å². The van der Waals surface area contributed by atoms with E-state index in [1.807, 2.05) is 50.2 Å². The number of nitrogens with zero attached hydrogens (tertiary/aromatic N) is 1. The van der Waals surface area contributed by atoms with Crippen molar-refractivity contribution in [3.63, 3.8) is 0 Å². The van der Waals surface area contributed by atoms with Gasteiger partial charge in [-0.1, -0.05) is 62.4 Å². The maximum atomic E-state index is 13.0. The number of hydrogen-bond donors (Lipinski definition) is 2. The van der Waals surface area contributed by atoms with Crippen LogP contribution in [0.3, 0.4) is 0 Å². The van der Waals surface area contributed by atoms with Crippen LogP contribution in [0.4, 0.5) is 4.79 Å². The summed E-state index contributed by atoms with van der Waals surface area (Å²) in [5.74, 6) is -1.49. The van der Waals surface area contributed by atoms with Gasteiger partial charge in [0.05, 0.1) is 6.04 Å². The summed E-state index contributed by atoms with van der Waals surface area (Å²) in [6.45, 7) is 4.17. The van der Waals surface area contributed by atoms with E-state index in [9.17, 15) is 19.5 Å². The summed E-state index contributed by atoms with van der Waals surface area (Å²) >= 11 is 0. The first-order valence-corrected chi connectivity index (χ1v) is 11.6. The van der Waals surface area contributed by atoms with Crippen LogP contribution in [0.2, 0.25) is 0 Å². The summed E-state index contributed by atoms with van der Waals surface area (Å²) in [4.78, 5) is 38.2.